The van der Waals surface area contributed by atoms with Gasteiger partial charge in [0, 0.05) is 18.7 Å². The fourth-order valence-corrected chi connectivity index (χ4v) is 3.13. The molecule has 0 spiro atoms. The third kappa shape index (κ3) is 4.33. The van der Waals surface area contributed by atoms with Crippen molar-refractivity contribution in [3.63, 3.8) is 0 Å². The van der Waals surface area contributed by atoms with Crippen LogP contribution in [0, 0.1) is 11.6 Å². The fraction of sp³-hybridized carbons (Fsp3) is 0.250. The Morgan fingerprint density at radius 3 is 2.46 bits per heavy atom. The molecule has 1 aliphatic rings. The summed E-state index contributed by atoms with van der Waals surface area (Å²) in [5.41, 5.74) is 0.490. The number of benzene rings is 2. The van der Waals surface area contributed by atoms with E-state index in [0.717, 1.165) is 18.2 Å². The van der Waals surface area contributed by atoms with Gasteiger partial charge in [0.15, 0.2) is 0 Å². The van der Waals surface area contributed by atoms with Crippen LogP contribution in [0.15, 0.2) is 42.5 Å². The molecule has 0 aliphatic carbocycles. The van der Waals surface area contributed by atoms with Crippen molar-refractivity contribution in [1.29, 1.82) is 0 Å². The van der Waals surface area contributed by atoms with Gasteiger partial charge in [-0.15, -0.1) is 0 Å². The highest BCUT2D eigenvalue weighted by molar-refractivity contribution is 5.99. The van der Waals surface area contributed by atoms with E-state index in [-0.39, 0.29) is 11.5 Å². The molecule has 2 amide bonds. The molecule has 1 saturated heterocycles. The van der Waals surface area contributed by atoms with Crippen molar-refractivity contribution in [2.75, 3.05) is 11.4 Å². The summed E-state index contributed by atoms with van der Waals surface area (Å²) >= 11 is 0. The van der Waals surface area contributed by atoms with Crippen LogP contribution in [0.3, 0.4) is 0 Å². The Balaban J connectivity index is 1.85. The minimum absolute atomic E-state index is 0.104. The van der Waals surface area contributed by atoms with E-state index in [0.29, 0.717) is 30.6 Å². The van der Waals surface area contributed by atoms with Crippen LogP contribution in [0.1, 0.15) is 41.2 Å². The van der Waals surface area contributed by atoms with Crippen LogP contribution in [0.5, 0.6) is 0 Å². The molecular formula is C20H18F2N2O4. The van der Waals surface area contributed by atoms with Gasteiger partial charge in [-0.1, -0.05) is 12.1 Å². The van der Waals surface area contributed by atoms with E-state index in [1.165, 1.54) is 29.2 Å². The molecule has 2 aromatic rings. The molecular weight excluding hydrogens is 370 g/mol. The summed E-state index contributed by atoms with van der Waals surface area (Å²) in [7, 11) is 0. The van der Waals surface area contributed by atoms with Crippen LogP contribution in [0.2, 0.25) is 0 Å². The zero-order valence-electron chi connectivity index (χ0n) is 14.8. The quantitative estimate of drug-likeness (QED) is 0.796. The highest BCUT2D eigenvalue weighted by atomic mass is 19.1. The summed E-state index contributed by atoms with van der Waals surface area (Å²) in [4.78, 5) is 37.1. The summed E-state index contributed by atoms with van der Waals surface area (Å²) in [6.07, 6.45) is 0.621. The number of rotatable bonds is 6. The summed E-state index contributed by atoms with van der Waals surface area (Å²) in [5.74, 6) is -3.39. The zero-order chi connectivity index (χ0) is 20.3. The molecule has 28 heavy (non-hydrogen) atoms. The first-order valence-electron chi connectivity index (χ1n) is 8.73. The van der Waals surface area contributed by atoms with Crippen LogP contribution in [-0.2, 0) is 9.59 Å². The van der Waals surface area contributed by atoms with Crippen molar-refractivity contribution < 1.29 is 28.3 Å². The van der Waals surface area contributed by atoms with Crippen LogP contribution >= 0.6 is 0 Å². The third-order valence-electron chi connectivity index (χ3n) is 4.54. The maximum atomic E-state index is 14.2. The molecule has 0 saturated carbocycles. The number of carboxylic acids is 1. The van der Waals surface area contributed by atoms with E-state index in [4.69, 9.17) is 5.11 Å². The average molecular weight is 388 g/mol. The number of amides is 2. The number of nitrogens with zero attached hydrogens (tertiary/aromatic N) is 1. The second-order valence-electron chi connectivity index (χ2n) is 6.49. The van der Waals surface area contributed by atoms with Gasteiger partial charge in [-0.2, -0.15) is 0 Å². The molecule has 0 radical (unpaired) electrons. The topological polar surface area (TPSA) is 86.7 Å². The summed E-state index contributed by atoms with van der Waals surface area (Å²) < 4.78 is 27.4. The third-order valence-corrected chi connectivity index (χ3v) is 4.54. The minimum atomic E-state index is -1.17. The van der Waals surface area contributed by atoms with Gasteiger partial charge >= 0.3 is 5.97 Å². The summed E-state index contributed by atoms with van der Waals surface area (Å²) in [5, 5.41) is 11.6. The summed E-state index contributed by atoms with van der Waals surface area (Å²) in [6, 6.07) is 7.84. The lowest BCUT2D eigenvalue weighted by atomic mass is 10.0. The van der Waals surface area contributed by atoms with E-state index in [1.54, 1.807) is 0 Å². The fourth-order valence-electron chi connectivity index (χ4n) is 3.13. The Labute approximate surface area is 159 Å². The smallest absolute Gasteiger partial charge is 0.305 e. The monoisotopic (exact) mass is 388 g/mol. The molecule has 0 aromatic heterocycles. The standard InChI is InChI=1S/C20H18F2N2O4/c21-13-5-3-12(4-6-13)17(11-19(26)27)23-20(28)15-10-14(7-8-16(15)22)24-9-1-2-18(24)25/h3-8,10,17H,1-2,9,11H2,(H,23,28)(H,26,27)/t17-/m1/s1. The Morgan fingerprint density at radius 2 is 1.86 bits per heavy atom. The van der Waals surface area contributed by atoms with Crippen molar-refractivity contribution in [2.24, 2.45) is 0 Å². The number of carbonyl (C=O) groups excluding carboxylic acids is 2. The highest BCUT2D eigenvalue weighted by Gasteiger charge is 2.25. The second kappa shape index (κ2) is 8.16. The molecule has 6 nitrogen and oxygen atoms in total. The van der Waals surface area contributed by atoms with Gasteiger partial charge in [-0.25, -0.2) is 8.78 Å². The highest BCUT2D eigenvalue weighted by Crippen LogP contribution is 2.25. The van der Waals surface area contributed by atoms with Gasteiger partial charge in [0.05, 0.1) is 18.0 Å². The molecule has 1 fully saturated rings. The number of halogens is 2. The van der Waals surface area contributed by atoms with Crippen molar-refractivity contribution in [1.82, 2.24) is 5.32 Å². The number of anilines is 1. The molecule has 146 valence electrons. The first-order chi connectivity index (χ1) is 13.3. The second-order valence-corrected chi connectivity index (χ2v) is 6.49. The van der Waals surface area contributed by atoms with Gasteiger partial charge in [-0.05, 0) is 42.3 Å². The Hall–Kier alpha value is -3.29. The SMILES string of the molecule is O=C(O)C[C@@H](NC(=O)c1cc(N2CCCC2=O)ccc1F)c1ccc(F)cc1. The van der Waals surface area contributed by atoms with Gasteiger partial charge in [0.2, 0.25) is 5.91 Å². The van der Waals surface area contributed by atoms with E-state index >= 15 is 0 Å². The van der Waals surface area contributed by atoms with Gasteiger partial charge in [-0.3, -0.25) is 14.4 Å². The first-order valence-corrected chi connectivity index (χ1v) is 8.73. The van der Waals surface area contributed by atoms with Crippen LogP contribution < -0.4 is 10.2 Å². The van der Waals surface area contributed by atoms with Gasteiger partial charge in [0.25, 0.3) is 5.91 Å². The molecule has 1 atom stereocenters. The lowest BCUT2D eigenvalue weighted by molar-refractivity contribution is -0.137. The number of carboxylic acid groups (broad SMARTS) is 1. The molecule has 2 aromatic carbocycles. The molecule has 3 rings (SSSR count). The largest absolute Gasteiger partial charge is 0.481 e. The Bertz CT molecular complexity index is 915. The predicted octanol–water partition coefficient (Wildman–Crippen LogP) is 3.04. The van der Waals surface area contributed by atoms with E-state index in [9.17, 15) is 23.2 Å². The van der Waals surface area contributed by atoms with Crippen molar-refractivity contribution in [2.45, 2.75) is 25.3 Å². The average Bonchev–Trinajstić information content (AvgIpc) is 3.07. The number of carbonyl (C=O) groups is 3. The van der Waals surface area contributed by atoms with Crippen LogP contribution in [-0.4, -0.2) is 29.4 Å². The molecule has 8 heteroatoms. The molecule has 0 unspecified atom stereocenters. The Morgan fingerprint density at radius 1 is 1.14 bits per heavy atom. The van der Waals surface area contributed by atoms with E-state index in [2.05, 4.69) is 5.32 Å². The number of hydrogen-bond acceptors (Lipinski definition) is 3. The first kappa shape index (κ1) is 19.5. The molecule has 1 heterocycles. The van der Waals surface area contributed by atoms with Crippen LogP contribution in [0.4, 0.5) is 14.5 Å². The van der Waals surface area contributed by atoms with Crippen LogP contribution in [0.25, 0.3) is 0 Å². The lowest BCUT2D eigenvalue weighted by Gasteiger charge is -2.20. The molecule has 1 aliphatic heterocycles. The lowest BCUT2D eigenvalue weighted by Crippen LogP contribution is -2.31. The van der Waals surface area contributed by atoms with E-state index < -0.39 is 36.0 Å². The van der Waals surface area contributed by atoms with Gasteiger partial charge in [0.1, 0.15) is 11.6 Å². The van der Waals surface area contributed by atoms with Gasteiger partial charge < -0.3 is 15.3 Å². The number of hydrogen-bond donors (Lipinski definition) is 2. The van der Waals surface area contributed by atoms with Crippen molar-refractivity contribution in [3.05, 3.63) is 65.2 Å². The molecule has 2 N–H and O–H groups in total. The summed E-state index contributed by atoms with van der Waals surface area (Å²) in [6.45, 7) is 0.489. The zero-order valence-corrected chi connectivity index (χ0v) is 14.8. The van der Waals surface area contributed by atoms with Crippen molar-refractivity contribution >= 4 is 23.5 Å². The number of aliphatic carboxylic acids is 1. The Kier molecular flexibility index (Phi) is 5.67. The normalized spacial score (nSPS) is 14.8. The molecule has 0 bridgehead atoms. The van der Waals surface area contributed by atoms with Crippen molar-refractivity contribution in [3.8, 4) is 0 Å². The maximum Gasteiger partial charge on any atom is 0.305 e. The maximum absolute atomic E-state index is 14.2. The minimum Gasteiger partial charge on any atom is -0.481 e. The number of nitrogens with one attached hydrogen (secondary N) is 1. The predicted molar refractivity (Wildman–Crippen MR) is 96.8 cm³/mol. The van der Waals surface area contributed by atoms with E-state index in [1.807, 2.05) is 0 Å².